The second-order valence-corrected chi connectivity index (χ2v) is 9.13. The van der Waals surface area contributed by atoms with Crippen molar-refractivity contribution in [3.8, 4) is 0 Å². The summed E-state index contributed by atoms with van der Waals surface area (Å²) in [4.78, 5) is 43.3. The van der Waals surface area contributed by atoms with Crippen LogP contribution in [0.5, 0.6) is 0 Å². The van der Waals surface area contributed by atoms with Crippen LogP contribution in [0.4, 0.5) is 16.2 Å². The highest BCUT2D eigenvalue weighted by Crippen LogP contribution is 2.38. The van der Waals surface area contributed by atoms with Gasteiger partial charge in [-0.2, -0.15) is 0 Å². The summed E-state index contributed by atoms with van der Waals surface area (Å²) in [5, 5.41) is 5.83. The number of amides is 4. The number of imide groups is 1. The lowest BCUT2D eigenvalue weighted by atomic mass is 9.73. The summed E-state index contributed by atoms with van der Waals surface area (Å²) in [5.41, 5.74) is 1.04. The minimum atomic E-state index is -0.777. The first kappa shape index (κ1) is 22.5. The first-order chi connectivity index (χ1) is 15.4. The summed E-state index contributed by atoms with van der Waals surface area (Å²) < 4.78 is 5.38. The van der Waals surface area contributed by atoms with E-state index in [9.17, 15) is 14.4 Å². The van der Waals surface area contributed by atoms with Gasteiger partial charge in [0.2, 0.25) is 5.91 Å². The summed E-state index contributed by atoms with van der Waals surface area (Å²) in [6, 6.07) is 7.38. The molecular formula is C23H33N5O4. The van der Waals surface area contributed by atoms with Gasteiger partial charge in [-0.15, -0.1) is 0 Å². The number of morpholine rings is 1. The van der Waals surface area contributed by atoms with Gasteiger partial charge in [0.1, 0.15) is 5.54 Å². The molecule has 3 aliphatic rings. The number of hydrogen-bond acceptors (Lipinski definition) is 6. The number of nitrogens with one attached hydrogen (secondary N) is 2. The van der Waals surface area contributed by atoms with E-state index >= 15 is 0 Å². The van der Waals surface area contributed by atoms with Crippen LogP contribution in [0.15, 0.2) is 24.3 Å². The van der Waals surface area contributed by atoms with Gasteiger partial charge in [0, 0.05) is 24.5 Å². The van der Waals surface area contributed by atoms with Crippen LogP contribution < -0.4 is 15.5 Å². The number of carbonyl (C=O) groups excluding carboxylic acids is 3. The topological polar surface area (TPSA) is 94.2 Å². The van der Waals surface area contributed by atoms with Crippen LogP contribution in [0.2, 0.25) is 0 Å². The van der Waals surface area contributed by atoms with Gasteiger partial charge in [0.25, 0.3) is 5.91 Å². The molecule has 2 unspecified atom stereocenters. The highest BCUT2D eigenvalue weighted by Gasteiger charge is 2.54. The molecule has 9 heteroatoms. The Morgan fingerprint density at radius 2 is 1.94 bits per heavy atom. The molecule has 2 heterocycles. The second kappa shape index (κ2) is 9.46. The molecule has 0 aromatic heterocycles. The Morgan fingerprint density at radius 3 is 2.62 bits per heavy atom. The molecule has 0 radical (unpaired) electrons. The molecule has 32 heavy (non-hydrogen) atoms. The Hall–Kier alpha value is -2.65. The van der Waals surface area contributed by atoms with Crippen molar-refractivity contribution in [3.63, 3.8) is 0 Å². The third-order valence-electron chi connectivity index (χ3n) is 6.83. The molecular weight excluding hydrogens is 410 g/mol. The minimum Gasteiger partial charge on any atom is -0.378 e. The van der Waals surface area contributed by atoms with Gasteiger partial charge >= 0.3 is 6.03 Å². The van der Waals surface area contributed by atoms with E-state index in [0.29, 0.717) is 12.1 Å². The van der Waals surface area contributed by atoms with E-state index < -0.39 is 5.54 Å². The highest BCUT2D eigenvalue weighted by atomic mass is 16.5. The Labute approximate surface area is 189 Å². The van der Waals surface area contributed by atoms with Crippen molar-refractivity contribution in [2.45, 2.75) is 38.1 Å². The van der Waals surface area contributed by atoms with E-state index in [4.69, 9.17) is 4.74 Å². The van der Waals surface area contributed by atoms with Gasteiger partial charge in [-0.25, -0.2) is 9.69 Å². The maximum Gasteiger partial charge on any atom is 0.326 e. The number of carbonyl (C=O) groups is 3. The number of ether oxygens (including phenoxy) is 1. The first-order valence-electron chi connectivity index (χ1n) is 11.4. The number of likely N-dealkylation sites (N-methyl/N-ethyl adjacent to an activating group) is 1. The number of nitrogens with zero attached hydrogens (tertiary/aromatic N) is 3. The quantitative estimate of drug-likeness (QED) is 0.652. The van der Waals surface area contributed by atoms with Crippen molar-refractivity contribution in [3.05, 3.63) is 24.3 Å². The Balaban J connectivity index is 1.29. The van der Waals surface area contributed by atoms with Crippen molar-refractivity contribution in [2.24, 2.45) is 5.92 Å². The molecule has 1 aromatic carbocycles. The standard InChI is InChI=1S/C23H33N5O4/c1-17-5-3-4-10-23(17)21(30)28(22(31)25-23)16-26(2)15-20(29)24-18-6-8-19(9-7-18)27-11-13-32-14-12-27/h6-9,17H,3-5,10-16H2,1-2H3,(H,24,29)(H,25,31). The Bertz CT molecular complexity index is 854. The molecule has 1 spiro atoms. The van der Waals surface area contributed by atoms with Crippen LogP contribution in [0, 0.1) is 5.92 Å². The van der Waals surface area contributed by atoms with Gasteiger partial charge in [0.05, 0.1) is 26.4 Å². The lowest BCUT2D eigenvalue weighted by molar-refractivity contribution is -0.136. The van der Waals surface area contributed by atoms with Crippen LogP contribution in [0.25, 0.3) is 0 Å². The van der Waals surface area contributed by atoms with Crippen molar-refractivity contribution in [1.29, 1.82) is 0 Å². The predicted molar refractivity (Wildman–Crippen MR) is 121 cm³/mol. The van der Waals surface area contributed by atoms with Crippen molar-refractivity contribution in [1.82, 2.24) is 15.1 Å². The molecule has 9 nitrogen and oxygen atoms in total. The second-order valence-electron chi connectivity index (χ2n) is 9.13. The van der Waals surface area contributed by atoms with E-state index in [1.165, 1.54) is 4.90 Å². The van der Waals surface area contributed by atoms with Crippen molar-refractivity contribution >= 4 is 29.2 Å². The maximum atomic E-state index is 13.1. The lowest BCUT2D eigenvalue weighted by Crippen LogP contribution is -2.54. The number of hydrogen-bond donors (Lipinski definition) is 2. The molecule has 1 aromatic rings. The molecule has 1 aliphatic carbocycles. The summed E-state index contributed by atoms with van der Waals surface area (Å²) in [5.74, 6) is -0.244. The van der Waals surface area contributed by atoms with Gasteiger partial charge < -0.3 is 20.3 Å². The fourth-order valence-electron chi connectivity index (χ4n) is 4.94. The van der Waals surface area contributed by atoms with Crippen LogP contribution >= 0.6 is 0 Å². The normalized spacial score (nSPS) is 26.0. The third-order valence-corrected chi connectivity index (χ3v) is 6.83. The van der Waals surface area contributed by atoms with Crippen molar-refractivity contribution < 1.29 is 19.1 Å². The summed E-state index contributed by atoms with van der Waals surface area (Å²) in [7, 11) is 1.73. The molecule has 174 valence electrons. The molecule has 2 N–H and O–H groups in total. The zero-order valence-electron chi connectivity index (χ0n) is 18.9. The third kappa shape index (κ3) is 4.59. The molecule has 1 saturated carbocycles. The average Bonchev–Trinajstić information content (AvgIpc) is 3.01. The minimum absolute atomic E-state index is 0.0742. The van der Waals surface area contributed by atoms with Gasteiger partial charge in [0.15, 0.2) is 0 Å². The van der Waals surface area contributed by atoms with E-state index in [1.54, 1.807) is 11.9 Å². The largest absolute Gasteiger partial charge is 0.378 e. The maximum absolute atomic E-state index is 13.1. The molecule has 4 amide bonds. The summed E-state index contributed by atoms with van der Waals surface area (Å²) in [6.07, 6.45) is 3.63. The monoisotopic (exact) mass is 443 g/mol. The Kier molecular flexibility index (Phi) is 6.66. The summed E-state index contributed by atoms with van der Waals surface area (Å²) >= 11 is 0. The number of urea groups is 1. The lowest BCUT2D eigenvalue weighted by Gasteiger charge is -2.37. The smallest absolute Gasteiger partial charge is 0.326 e. The average molecular weight is 444 g/mol. The molecule has 2 aliphatic heterocycles. The van der Waals surface area contributed by atoms with E-state index in [1.807, 2.05) is 31.2 Å². The van der Waals surface area contributed by atoms with Crippen LogP contribution in [-0.2, 0) is 14.3 Å². The predicted octanol–water partition coefficient (Wildman–Crippen LogP) is 1.85. The SMILES string of the molecule is CC1CCCCC12NC(=O)N(CN(C)CC(=O)Nc1ccc(N3CCOCC3)cc1)C2=O. The first-order valence-corrected chi connectivity index (χ1v) is 11.4. The molecule has 2 atom stereocenters. The van der Waals surface area contributed by atoms with E-state index in [-0.39, 0.29) is 37.0 Å². The van der Waals surface area contributed by atoms with E-state index in [0.717, 1.165) is 51.3 Å². The summed E-state index contributed by atoms with van der Waals surface area (Å²) in [6.45, 7) is 5.36. The Morgan fingerprint density at radius 1 is 1.22 bits per heavy atom. The molecule has 4 rings (SSSR count). The molecule has 2 saturated heterocycles. The van der Waals surface area contributed by atoms with Crippen LogP contribution in [0.3, 0.4) is 0 Å². The van der Waals surface area contributed by atoms with Crippen LogP contribution in [0.1, 0.15) is 32.6 Å². The fraction of sp³-hybridized carbons (Fsp3) is 0.609. The van der Waals surface area contributed by atoms with Gasteiger partial charge in [-0.05, 0) is 50.1 Å². The highest BCUT2D eigenvalue weighted by molar-refractivity contribution is 6.07. The fourth-order valence-corrected chi connectivity index (χ4v) is 4.94. The number of anilines is 2. The number of benzene rings is 1. The zero-order valence-corrected chi connectivity index (χ0v) is 18.9. The molecule has 0 bridgehead atoms. The number of rotatable bonds is 6. The van der Waals surface area contributed by atoms with Crippen LogP contribution in [-0.4, -0.2) is 79.7 Å². The molecule has 3 fully saturated rings. The zero-order chi connectivity index (χ0) is 22.7. The van der Waals surface area contributed by atoms with E-state index in [2.05, 4.69) is 15.5 Å². The van der Waals surface area contributed by atoms with Gasteiger partial charge in [-0.3, -0.25) is 14.5 Å². The van der Waals surface area contributed by atoms with Crippen molar-refractivity contribution in [2.75, 3.05) is 56.8 Å². The van der Waals surface area contributed by atoms with Gasteiger partial charge in [-0.1, -0.05) is 19.8 Å².